The fraction of sp³-hybridized carbons (Fsp3) is 0.241. The first-order valence-electron chi connectivity index (χ1n) is 11.9. The number of hydrogen-bond acceptors (Lipinski definition) is 4. The quantitative estimate of drug-likeness (QED) is 0.278. The van der Waals surface area contributed by atoms with Crippen LogP contribution in [-0.4, -0.2) is 36.2 Å². The first kappa shape index (κ1) is 25.7. The van der Waals surface area contributed by atoms with Crippen LogP contribution in [0.15, 0.2) is 72.8 Å². The Morgan fingerprint density at radius 1 is 0.778 bits per heavy atom. The van der Waals surface area contributed by atoms with E-state index < -0.39 is 11.6 Å². The highest BCUT2D eigenvalue weighted by molar-refractivity contribution is 5.96. The molecule has 1 saturated heterocycles. The molecule has 1 aliphatic rings. The fourth-order valence-corrected chi connectivity index (χ4v) is 4.51. The highest BCUT2D eigenvalue weighted by Gasteiger charge is 2.17. The van der Waals surface area contributed by atoms with Gasteiger partial charge in [0.05, 0.1) is 0 Å². The molecule has 4 aromatic rings. The van der Waals surface area contributed by atoms with Gasteiger partial charge < -0.3 is 14.6 Å². The average molecular weight is 512 g/mol. The number of hydrogen-bond donors (Lipinski definition) is 1. The lowest BCUT2D eigenvalue weighted by Gasteiger charge is -2.26. The molecule has 1 N–H and O–H groups in total. The van der Waals surface area contributed by atoms with Crippen molar-refractivity contribution in [3.8, 4) is 34.1 Å². The van der Waals surface area contributed by atoms with E-state index in [-0.39, 0.29) is 23.7 Å². The van der Waals surface area contributed by atoms with Crippen LogP contribution in [-0.2, 0) is 0 Å². The molecule has 36 heavy (non-hydrogen) atoms. The third-order valence-electron chi connectivity index (χ3n) is 6.34. The van der Waals surface area contributed by atoms with E-state index in [2.05, 4.69) is 4.90 Å². The number of ether oxygens (including phenoxy) is 2. The highest BCUT2D eigenvalue weighted by atomic mass is 35.5. The number of benzene rings is 4. The first-order valence-corrected chi connectivity index (χ1v) is 11.9. The lowest BCUT2D eigenvalue weighted by Crippen LogP contribution is -2.33. The molecule has 0 spiro atoms. The van der Waals surface area contributed by atoms with Crippen molar-refractivity contribution in [3.63, 3.8) is 0 Å². The van der Waals surface area contributed by atoms with E-state index in [1.165, 1.54) is 19.3 Å². The molecule has 1 heterocycles. The standard InChI is InChI=1S/C29H27F2NO3.ClH/c30-21-5-13-28(31)27(19-21)26-11-4-20-18-22(33)6-12-25(20)29(26)35-24-9-7-23(8-10-24)34-17-16-32-14-2-1-3-15-32;/h4-13,18-19,33H,1-3,14-17H2;1H. The second-order valence-corrected chi connectivity index (χ2v) is 8.80. The monoisotopic (exact) mass is 511 g/mol. The number of rotatable bonds is 7. The minimum Gasteiger partial charge on any atom is -0.508 e. The van der Waals surface area contributed by atoms with Crippen LogP contribution in [0.5, 0.6) is 23.0 Å². The summed E-state index contributed by atoms with van der Waals surface area (Å²) in [6, 6.07) is 18.9. The van der Waals surface area contributed by atoms with Gasteiger partial charge in [-0.05, 0) is 98.0 Å². The number of fused-ring (bicyclic) bond motifs is 1. The molecule has 4 aromatic carbocycles. The zero-order chi connectivity index (χ0) is 24.2. The van der Waals surface area contributed by atoms with E-state index in [4.69, 9.17) is 9.47 Å². The summed E-state index contributed by atoms with van der Waals surface area (Å²) < 4.78 is 40.8. The van der Waals surface area contributed by atoms with Crippen molar-refractivity contribution in [2.24, 2.45) is 0 Å². The molecule has 0 unspecified atom stereocenters. The van der Waals surface area contributed by atoms with Crippen LogP contribution in [0.2, 0.25) is 0 Å². The Balaban J connectivity index is 0.00000304. The fourth-order valence-electron chi connectivity index (χ4n) is 4.51. The lowest BCUT2D eigenvalue weighted by atomic mass is 9.98. The maximum atomic E-state index is 14.7. The molecule has 1 aliphatic heterocycles. The Morgan fingerprint density at radius 2 is 1.53 bits per heavy atom. The predicted molar refractivity (Wildman–Crippen MR) is 141 cm³/mol. The van der Waals surface area contributed by atoms with Gasteiger partial charge in [-0.3, -0.25) is 4.90 Å². The molecule has 0 bridgehead atoms. The number of phenolic OH excluding ortho intramolecular Hbond substituents is 1. The third-order valence-corrected chi connectivity index (χ3v) is 6.34. The number of likely N-dealkylation sites (tertiary alicyclic amines) is 1. The van der Waals surface area contributed by atoms with Crippen molar-refractivity contribution in [3.05, 3.63) is 84.4 Å². The van der Waals surface area contributed by atoms with Gasteiger partial charge in [0, 0.05) is 23.1 Å². The minimum absolute atomic E-state index is 0. The summed E-state index contributed by atoms with van der Waals surface area (Å²) in [6.45, 7) is 3.79. The number of phenols is 1. The molecule has 5 rings (SSSR count). The second kappa shape index (κ2) is 11.6. The molecule has 0 amide bonds. The van der Waals surface area contributed by atoms with E-state index in [1.54, 1.807) is 42.5 Å². The topological polar surface area (TPSA) is 41.9 Å². The van der Waals surface area contributed by atoms with Gasteiger partial charge >= 0.3 is 0 Å². The Hall–Kier alpha value is -3.35. The summed E-state index contributed by atoms with van der Waals surface area (Å²) >= 11 is 0. The maximum absolute atomic E-state index is 14.7. The van der Waals surface area contributed by atoms with Crippen LogP contribution >= 0.6 is 12.4 Å². The molecule has 7 heteroatoms. The first-order chi connectivity index (χ1) is 17.1. The highest BCUT2D eigenvalue weighted by Crippen LogP contribution is 2.41. The van der Waals surface area contributed by atoms with Gasteiger partial charge in [0.1, 0.15) is 41.2 Å². The van der Waals surface area contributed by atoms with Gasteiger partial charge in [0.2, 0.25) is 0 Å². The van der Waals surface area contributed by atoms with Crippen molar-refractivity contribution in [1.82, 2.24) is 4.90 Å². The SMILES string of the molecule is Cl.Oc1ccc2c(Oc3ccc(OCCN4CCCCC4)cc3)c(-c3cc(F)ccc3F)ccc2c1. The summed E-state index contributed by atoms with van der Waals surface area (Å²) in [5, 5.41) is 11.3. The average Bonchev–Trinajstić information content (AvgIpc) is 2.87. The van der Waals surface area contributed by atoms with Gasteiger partial charge in [0.15, 0.2) is 0 Å². The van der Waals surface area contributed by atoms with E-state index in [0.717, 1.165) is 49.0 Å². The molecule has 0 aliphatic carbocycles. The zero-order valence-electron chi connectivity index (χ0n) is 19.8. The van der Waals surface area contributed by atoms with E-state index in [1.807, 2.05) is 12.1 Å². The molecule has 0 radical (unpaired) electrons. The van der Waals surface area contributed by atoms with Crippen LogP contribution in [0.25, 0.3) is 21.9 Å². The molecule has 188 valence electrons. The number of halogens is 3. The number of piperidine rings is 1. The second-order valence-electron chi connectivity index (χ2n) is 8.80. The van der Waals surface area contributed by atoms with Crippen molar-refractivity contribution in [2.45, 2.75) is 19.3 Å². The molecule has 1 fully saturated rings. The molecular formula is C29H28ClF2NO3. The Bertz CT molecular complexity index is 1320. The molecule has 0 atom stereocenters. The minimum atomic E-state index is -0.549. The van der Waals surface area contributed by atoms with E-state index in [0.29, 0.717) is 29.1 Å². The van der Waals surface area contributed by atoms with Crippen molar-refractivity contribution in [1.29, 1.82) is 0 Å². The lowest BCUT2D eigenvalue weighted by molar-refractivity contribution is 0.183. The summed E-state index contributed by atoms with van der Waals surface area (Å²) in [5.74, 6) is 0.682. The summed E-state index contributed by atoms with van der Waals surface area (Å²) in [4.78, 5) is 2.42. The van der Waals surface area contributed by atoms with Crippen LogP contribution < -0.4 is 9.47 Å². The number of nitrogens with zero attached hydrogens (tertiary/aromatic N) is 1. The maximum Gasteiger partial charge on any atom is 0.143 e. The van der Waals surface area contributed by atoms with Crippen LogP contribution in [0.4, 0.5) is 8.78 Å². The van der Waals surface area contributed by atoms with Crippen molar-refractivity contribution in [2.75, 3.05) is 26.2 Å². The smallest absolute Gasteiger partial charge is 0.143 e. The van der Waals surface area contributed by atoms with Gasteiger partial charge in [-0.2, -0.15) is 0 Å². The summed E-state index contributed by atoms with van der Waals surface area (Å²) in [6.07, 6.45) is 3.81. The van der Waals surface area contributed by atoms with Crippen molar-refractivity contribution >= 4 is 23.2 Å². The molecule has 4 nitrogen and oxygen atoms in total. The van der Waals surface area contributed by atoms with Gasteiger partial charge in [-0.15, -0.1) is 12.4 Å². The van der Waals surface area contributed by atoms with E-state index >= 15 is 0 Å². The predicted octanol–water partition coefficient (Wildman–Crippen LogP) is 7.57. The molecular weight excluding hydrogens is 484 g/mol. The normalized spacial score (nSPS) is 13.8. The third kappa shape index (κ3) is 5.89. The zero-order valence-corrected chi connectivity index (χ0v) is 20.6. The van der Waals surface area contributed by atoms with Crippen LogP contribution in [0, 0.1) is 11.6 Å². The number of aromatic hydroxyl groups is 1. The summed E-state index contributed by atoms with van der Waals surface area (Å²) in [5.41, 5.74) is 0.523. The van der Waals surface area contributed by atoms with Crippen LogP contribution in [0.3, 0.4) is 0 Å². The van der Waals surface area contributed by atoms with Gasteiger partial charge in [-0.1, -0.05) is 12.5 Å². The molecule has 0 aromatic heterocycles. The van der Waals surface area contributed by atoms with Gasteiger partial charge in [-0.25, -0.2) is 8.78 Å². The Morgan fingerprint density at radius 3 is 2.31 bits per heavy atom. The van der Waals surface area contributed by atoms with Crippen molar-refractivity contribution < 1.29 is 23.4 Å². The largest absolute Gasteiger partial charge is 0.508 e. The molecule has 0 saturated carbocycles. The van der Waals surface area contributed by atoms with Gasteiger partial charge in [0.25, 0.3) is 0 Å². The van der Waals surface area contributed by atoms with E-state index in [9.17, 15) is 13.9 Å². The Kier molecular flexibility index (Phi) is 8.28. The Labute approximate surface area is 215 Å². The van der Waals surface area contributed by atoms with Crippen LogP contribution in [0.1, 0.15) is 19.3 Å². The summed E-state index contributed by atoms with van der Waals surface area (Å²) in [7, 11) is 0.